The van der Waals surface area contributed by atoms with Crippen molar-refractivity contribution in [2.24, 2.45) is 17.8 Å². The number of alkyl carbamates (subject to hydrolysis) is 1. The number of amides is 4. The van der Waals surface area contributed by atoms with Gasteiger partial charge in [0, 0.05) is 43.0 Å². The Labute approximate surface area is 292 Å². The van der Waals surface area contributed by atoms with Gasteiger partial charge in [0.15, 0.2) is 0 Å². The van der Waals surface area contributed by atoms with E-state index in [9.17, 15) is 29.1 Å². The molecule has 0 bridgehead atoms. The summed E-state index contributed by atoms with van der Waals surface area (Å²) in [4.78, 5) is 75.7. The maximum absolute atomic E-state index is 14.3. The fourth-order valence-corrected chi connectivity index (χ4v) is 7.59. The quantitative estimate of drug-likeness (QED) is 0.402. The predicted molar refractivity (Wildman–Crippen MR) is 185 cm³/mol. The lowest BCUT2D eigenvalue weighted by atomic mass is 9.93. The average molecular weight is 686 g/mol. The Bertz CT molecular complexity index is 1680. The number of aryl methyl sites for hydroxylation is 1. The summed E-state index contributed by atoms with van der Waals surface area (Å²) in [6, 6.07) is 11.2. The molecule has 50 heavy (non-hydrogen) atoms. The molecule has 3 N–H and O–H groups in total. The highest BCUT2D eigenvalue weighted by Crippen LogP contribution is 2.46. The molecule has 0 spiro atoms. The summed E-state index contributed by atoms with van der Waals surface area (Å²) >= 11 is 0. The number of carboxylic acids is 1. The third-order valence-electron chi connectivity index (χ3n) is 10.3. The van der Waals surface area contributed by atoms with Gasteiger partial charge in [-0.15, -0.1) is 0 Å². The Hall–Kier alpha value is -4.74. The number of carbonyl (C=O) groups is 5. The minimum Gasteiger partial charge on any atom is -0.479 e. The zero-order valence-corrected chi connectivity index (χ0v) is 29.2. The number of pyridine rings is 1. The SMILES string of the molecule is Cc1ccc(-c2cccc(C(=O)N3C[C@H]4CN5C(=O)[C@H](NC(=O)OC(C)(C)C)CCCCC/C=C\[C@@H]6C[C@]6(C(=O)O)NC(=O)[C@@H]5[C@H]4C3)n2)cc1. The normalized spacial score (nSPS) is 29.0. The maximum atomic E-state index is 14.3. The minimum atomic E-state index is -1.46. The Balaban J connectivity index is 1.27. The highest BCUT2D eigenvalue weighted by Gasteiger charge is 2.62. The van der Waals surface area contributed by atoms with Crippen LogP contribution in [0.1, 0.15) is 75.3 Å². The van der Waals surface area contributed by atoms with E-state index in [1.807, 2.05) is 49.4 Å². The lowest BCUT2D eigenvalue weighted by molar-refractivity contribution is -0.146. The summed E-state index contributed by atoms with van der Waals surface area (Å²) in [7, 11) is 0. The van der Waals surface area contributed by atoms with Gasteiger partial charge in [-0.1, -0.05) is 60.9 Å². The van der Waals surface area contributed by atoms with Crippen LogP contribution in [0.2, 0.25) is 0 Å². The first kappa shape index (κ1) is 35.1. The number of allylic oxidation sites excluding steroid dienone is 1. The van der Waals surface area contributed by atoms with Crippen LogP contribution in [0.4, 0.5) is 4.79 Å². The number of carbonyl (C=O) groups excluding carboxylic acids is 4. The highest BCUT2D eigenvalue weighted by atomic mass is 16.6. The van der Waals surface area contributed by atoms with Gasteiger partial charge in [0.25, 0.3) is 5.91 Å². The van der Waals surface area contributed by atoms with Crippen molar-refractivity contribution in [3.8, 4) is 11.3 Å². The van der Waals surface area contributed by atoms with Gasteiger partial charge in [0.2, 0.25) is 11.8 Å². The summed E-state index contributed by atoms with van der Waals surface area (Å²) < 4.78 is 5.48. The molecule has 6 rings (SSSR count). The Morgan fingerprint density at radius 2 is 1.78 bits per heavy atom. The molecule has 1 saturated carbocycles. The molecule has 6 atom stereocenters. The lowest BCUT2D eigenvalue weighted by Gasteiger charge is -2.33. The van der Waals surface area contributed by atoms with Gasteiger partial charge < -0.3 is 30.3 Å². The number of nitrogens with one attached hydrogen (secondary N) is 2. The first-order valence-corrected chi connectivity index (χ1v) is 17.6. The van der Waals surface area contributed by atoms with Crippen LogP contribution in [0.25, 0.3) is 11.3 Å². The van der Waals surface area contributed by atoms with Crippen molar-refractivity contribution >= 4 is 29.8 Å². The molecule has 4 amide bonds. The molecule has 4 aliphatic rings. The van der Waals surface area contributed by atoms with E-state index in [4.69, 9.17) is 4.74 Å². The number of hydrogen-bond acceptors (Lipinski definition) is 7. The monoisotopic (exact) mass is 685 g/mol. The molecule has 4 heterocycles. The van der Waals surface area contributed by atoms with Crippen LogP contribution in [-0.4, -0.2) is 92.5 Å². The topological polar surface area (TPSA) is 158 Å². The molecule has 0 radical (unpaired) electrons. The zero-order valence-electron chi connectivity index (χ0n) is 29.2. The van der Waals surface area contributed by atoms with Gasteiger partial charge >= 0.3 is 12.1 Å². The first-order chi connectivity index (χ1) is 23.8. The molecule has 1 aliphatic carbocycles. The van der Waals surface area contributed by atoms with E-state index in [0.717, 1.165) is 30.4 Å². The summed E-state index contributed by atoms with van der Waals surface area (Å²) in [6.07, 6.45) is 6.78. The summed E-state index contributed by atoms with van der Waals surface area (Å²) in [5.74, 6) is -3.42. The molecular weight excluding hydrogens is 638 g/mol. The molecule has 2 saturated heterocycles. The minimum absolute atomic E-state index is 0.179. The van der Waals surface area contributed by atoms with Crippen LogP contribution in [0.3, 0.4) is 0 Å². The molecule has 266 valence electrons. The van der Waals surface area contributed by atoms with Crippen LogP contribution >= 0.6 is 0 Å². The largest absolute Gasteiger partial charge is 0.479 e. The van der Waals surface area contributed by atoms with Crippen LogP contribution in [0.15, 0.2) is 54.6 Å². The second kappa shape index (κ2) is 13.9. The number of aliphatic carboxylic acids is 1. The van der Waals surface area contributed by atoms with Crippen molar-refractivity contribution in [3.63, 3.8) is 0 Å². The fraction of sp³-hybridized carbons (Fsp3) is 0.526. The van der Waals surface area contributed by atoms with E-state index in [0.29, 0.717) is 25.1 Å². The Kier molecular flexibility index (Phi) is 9.74. The summed E-state index contributed by atoms with van der Waals surface area (Å²) in [5.41, 5.74) is 0.723. The van der Waals surface area contributed by atoms with Gasteiger partial charge in [-0.25, -0.2) is 14.6 Å². The molecule has 3 aliphatic heterocycles. The number of fused-ring (bicyclic) bond motifs is 4. The van der Waals surface area contributed by atoms with Crippen LogP contribution < -0.4 is 10.6 Å². The second-order valence-corrected chi connectivity index (χ2v) is 15.2. The average Bonchev–Trinajstić information content (AvgIpc) is 3.41. The van der Waals surface area contributed by atoms with E-state index in [2.05, 4.69) is 15.6 Å². The molecular formula is C38H47N5O7. The number of rotatable bonds is 4. The number of likely N-dealkylation sites (tertiary alicyclic amines) is 1. The van der Waals surface area contributed by atoms with Crippen molar-refractivity contribution in [2.75, 3.05) is 19.6 Å². The predicted octanol–water partition coefficient (Wildman–Crippen LogP) is 4.33. The molecule has 1 aromatic heterocycles. The number of ether oxygens (including phenoxy) is 1. The smallest absolute Gasteiger partial charge is 0.408 e. The summed E-state index contributed by atoms with van der Waals surface area (Å²) in [6.45, 7) is 7.89. The van der Waals surface area contributed by atoms with Crippen molar-refractivity contribution < 1.29 is 33.8 Å². The van der Waals surface area contributed by atoms with Crippen LogP contribution in [-0.2, 0) is 19.1 Å². The summed E-state index contributed by atoms with van der Waals surface area (Å²) in [5, 5.41) is 15.8. The van der Waals surface area contributed by atoms with E-state index >= 15 is 0 Å². The van der Waals surface area contributed by atoms with Gasteiger partial charge in [0.1, 0.15) is 28.9 Å². The third kappa shape index (κ3) is 7.39. The Morgan fingerprint density at radius 3 is 2.50 bits per heavy atom. The number of benzene rings is 1. The molecule has 2 aromatic rings. The van der Waals surface area contributed by atoms with Crippen molar-refractivity contribution in [1.29, 1.82) is 0 Å². The molecule has 0 unspecified atom stereocenters. The molecule has 3 fully saturated rings. The molecule has 1 aromatic carbocycles. The van der Waals surface area contributed by atoms with Gasteiger partial charge in [-0.05, 0) is 65.5 Å². The van der Waals surface area contributed by atoms with E-state index in [-0.39, 0.29) is 42.9 Å². The lowest BCUT2D eigenvalue weighted by Crippen LogP contribution is -2.58. The maximum Gasteiger partial charge on any atom is 0.408 e. The van der Waals surface area contributed by atoms with Crippen molar-refractivity contribution in [1.82, 2.24) is 25.4 Å². The van der Waals surface area contributed by atoms with Gasteiger partial charge in [0.05, 0.1) is 5.69 Å². The van der Waals surface area contributed by atoms with Gasteiger partial charge in [-0.2, -0.15) is 0 Å². The van der Waals surface area contributed by atoms with Crippen molar-refractivity contribution in [3.05, 3.63) is 65.9 Å². The fourth-order valence-electron chi connectivity index (χ4n) is 7.59. The van der Waals surface area contributed by atoms with Gasteiger partial charge in [-0.3, -0.25) is 14.4 Å². The third-order valence-corrected chi connectivity index (χ3v) is 10.3. The number of hydrogen-bond donors (Lipinski definition) is 3. The zero-order chi connectivity index (χ0) is 35.8. The Morgan fingerprint density at radius 1 is 1.02 bits per heavy atom. The van der Waals surface area contributed by atoms with Crippen LogP contribution in [0, 0.1) is 24.7 Å². The number of nitrogens with zero attached hydrogens (tertiary/aromatic N) is 3. The second-order valence-electron chi connectivity index (χ2n) is 15.2. The highest BCUT2D eigenvalue weighted by molar-refractivity contribution is 5.97. The van der Waals surface area contributed by atoms with Crippen molar-refractivity contribution in [2.45, 2.75) is 89.4 Å². The van der Waals surface area contributed by atoms with E-state index < -0.39 is 53.0 Å². The molecule has 12 heteroatoms. The van der Waals surface area contributed by atoms with E-state index in [1.54, 1.807) is 37.8 Å². The molecule has 12 nitrogen and oxygen atoms in total. The number of carboxylic acid groups (broad SMARTS) is 1. The standard InChI is InChI=1S/C38H47N5O7/c1-23-15-17-24(18-16-23)28-13-10-14-29(39-28)33(45)42-20-25-21-43-31(27(25)22-42)32(44)41-38(35(47)48)19-26(38)11-8-6-5-7-9-12-30(34(43)46)40-36(49)50-37(2,3)4/h8,10-11,13-18,25-27,30-31H,5-7,9,12,19-22H2,1-4H3,(H,40,49)(H,41,44)(H,47,48)/b11-8-/t25-,26+,27-,30+,31-,38-/m0/s1. The number of aromatic nitrogens is 1. The van der Waals surface area contributed by atoms with Crippen LogP contribution in [0.5, 0.6) is 0 Å². The van der Waals surface area contributed by atoms with E-state index in [1.165, 1.54) is 4.90 Å². The first-order valence-electron chi connectivity index (χ1n) is 17.6.